The van der Waals surface area contributed by atoms with E-state index in [1.165, 1.54) is 11.3 Å². The Kier molecular flexibility index (Phi) is 4.35. The third kappa shape index (κ3) is 3.22. The second-order valence-corrected chi connectivity index (χ2v) is 5.19. The Morgan fingerprint density at radius 1 is 1.32 bits per heavy atom. The zero-order valence-electron chi connectivity index (χ0n) is 11.1. The van der Waals surface area contributed by atoms with Crippen LogP contribution in [0.15, 0.2) is 35.7 Å². The van der Waals surface area contributed by atoms with Gasteiger partial charge in [0.15, 0.2) is 0 Å². The lowest BCUT2D eigenvalue weighted by atomic mass is 10.0. The van der Waals surface area contributed by atoms with Crippen LogP contribution in [0, 0.1) is 0 Å². The molecule has 2 N–H and O–H groups in total. The Bertz CT molecular complexity index is 560. The molecule has 0 radical (unpaired) electrons. The fourth-order valence-electron chi connectivity index (χ4n) is 1.91. The van der Waals surface area contributed by atoms with Crippen LogP contribution in [0.3, 0.4) is 0 Å². The first-order valence-corrected chi connectivity index (χ1v) is 7.10. The number of benzene rings is 1. The average Bonchev–Trinajstić information content (AvgIpc) is 2.89. The summed E-state index contributed by atoms with van der Waals surface area (Å²) in [7, 11) is 0. The molecule has 2 aromatic rings. The van der Waals surface area contributed by atoms with Gasteiger partial charge >= 0.3 is 0 Å². The van der Waals surface area contributed by atoms with Crippen molar-refractivity contribution in [1.82, 2.24) is 0 Å². The minimum Gasteiger partial charge on any atom is -0.374 e. The van der Waals surface area contributed by atoms with Crippen LogP contribution < -0.4 is 5.73 Å². The van der Waals surface area contributed by atoms with Gasteiger partial charge in [-0.1, -0.05) is 24.3 Å². The summed E-state index contributed by atoms with van der Waals surface area (Å²) in [5.41, 5.74) is 8.51. The molecule has 2 rings (SSSR count). The van der Waals surface area contributed by atoms with Gasteiger partial charge in [0.1, 0.15) is 0 Å². The third-order valence-corrected chi connectivity index (χ3v) is 3.92. The predicted molar refractivity (Wildman–Crippen MR) is 78.3 cm³/mol. The van der Waals surface area contributed by atoms with E-state index in [9.17, 15) is 4.79 Å². The fraction of sp³-hybridized carbons (Fsp3) is 0.267. The van der Waals surface area contributed by atoms with Gasteiger partial charge in [-0.2, -0.15) is 0 Å². The fourth-order valence-corrected chi connectivity index (χ4v) is 2.68. The molecule has 1 atom stereocenters. The number of primary amides is 1. The summed E-state index contributed by atoms with van der Waals surface area (Å²) >= 11 is 1.37. The summed E-state index contributed by atoms with van der Waals surface area (Å²) in [6, 6.07) is 10.0. The zero-order chi connectivity index (χ0) is 13.8. The first-order valence-electron chi connectivity index (χ1n) is 6.22. The van der Waals surface area contributed by atoms with Gasteiger partial charge in [0.2, 0.25) is 0 Å². The second kappa shape index (κ2) is 5.99. The highest BCUT2D eigenvalue weighted by molar-refractivity contribution is 7.12. The van der Waals surface area contributed by atoms with Gasteiger partial charge in [-0.05, 0) is 42.0 Å². The lowest BCUT2D eigenvalue weighted by Gasteiger charge is -2.12. The molecular formula is C15H17NO2S. The molecule has 4 heteroatoms. The number of carbonyl (C=O) groups excluding carboxylic acids is 1. The summed E-state index contributed by atoms with van der Waals surface area (Å²) in [5.74, 6) is -0.377. The van der Waals surface area contributed by atoms with E-state index in [4.69, 9.17) is 10.5 Å². The van der Waals surface area contributed by atoms with Crippen LogP contribution in [0.2, 0.25) is 0 Å². The Morgan fingerprint density at radius 3 is 2.53 bits per heavy atom. The van der Waals surface area contributed by atoms with Crippen LogP contribution in [0.25, 0.3) is 11.1 Å². The molecule has 100 valence electrons. The van der Waals surface area contributed by atoms with Gasteiger partial charge in [-0.3, -0.25) is 4.79 Å². The van der Waals surface area contributed by atoms with E-state index in [0.29, 0.717) is 11.5 Å². The maximum Gasteiger partial charge on any atom is 0.258 e. The van der Waals surface area contributed by atoms with Crippen molar-refractivity contribution in [1.29, 1.82) is 0 Å². The highest BCUT2D eigenvalue weighted by Gasteiger charge is 2.08. The lowest BCUT2D eigenvalue weighted by Crippen LogP contribution is -2.08. The first-order chi connectivity index (χ1) is 9.11. The van der Waals surface area contributed by atoms with Crippen LogP contribution in [0.5, 0.6) is 0 Å². The van der Waals surface area contributed by atoms with Crippen molar-refractivity contribution in [3.63, 3.8) is 0 Å². The van der Waals surface area contributed by atoms with E-state index >= 15 is 0 Å². The van der Waals surface area contributed by atoms with Crippen molar-refractivity contribution in [2.45, 2.75) is 20.0 Å². The number of hydrogen-bond donors (Lipinski definition) is 1. The van der Waals surface area contributed by atoms with Crippen molar-refractivity contribution in [2.24, 2.45) is 5.73 Å². The predicted octanol–water partition coefficient (Wildman–Crippen LogP) is 3.61. The molecule has 1 aromatic carbocycles. The molecule has 0 spiro atoms. The van der Waals surface area contributed by atoms with Crippen molar-refractivity contribution >= 4 is 17.2 Å². The summed E-state index contributed by atoms with van der Waals surface area (Å²) in [4.78, 5) is 11.7. The summed E-state index contributed by atoms with van der Waals surface area (Å²) in [6.07, 6.45) is 0.0997. The molecule has 1 heterocycles. The minimum atomic E-state index is -0.377. The number of nitrogens with two attached hydrogens (primary N) is 1. The Hall–Kier alpha value is -1.65. The van der Waals surface area contributed by atoms with Crippen LogP contribution >= 0.6 is 11.3 Å². The summed E-state index contributed by atoms with van der Waals surface area (Å²) in [5, 5.41) is 1.95. The molecule has 1 unspecified atom stereocenters. The molecule has 0 fully saturated rings. The molecule has 0 aliphatic heterocycles. The van der Waals surface area contributed by atoms with Crippen LogP contribution in [0.1, 0.15) is 35.2 Å². The van der Waals surface area contributed by atoms with Crippen LogP contribution in [0.4, 0.5) is 0 Å². The third-order valence-electron chi connectivity index (χ3n) is 2.97. The SMILES string of the molecule is CCOC(C)c1ccc(-c2csc(C(N)=O)c2)cc1. The van der Waals surface area contributed by atoms with E-state index in [1.807, 2.05) is 37.4 Å². The standard InChI is InChI=1S/C15H17NO2S/c1-3-18-10(2)11-4-6-12(7-5-11)13-8-14(15(16)17)19-9-13/h4-10H,3H2,1-2H3,(H2,16,17). The Labute approximate surface area is 117 Å². The Balaban J connectivity index is 2.19. The number of ether oxygens (including phenoxy) is 1. The molecule has 0 aliphatic carbocycles. The van der Waals surface area contributed by atoms with Gasteiger partial charge < -0.3 is 10.5 Å². The maximum absolute atomic E-state index is 11.1. The average molecular weight is 275 g/mol. The molecule has 0 saturated heterocycles. The van der Waals surface area contributed by atoms with E-state index in [-0.39, 0.29) is 12.0 Å². The topological polar surface area (TPSA) is 52.3 Å². The van der Waals surface area contributed by atoms with Gasteiger partial charge in [0.05, 0.1) is 11.0 Å². The van der Waals surface area contributed by atoms with Crippen molar-refractivity contribution in [2.75, 3.05) is 6.61 Å². The van der Waals surface area contributed by atoms with E-state index in [0.717, 1.165) is 16.7 Å². The van der Waals surface area contributed by atoms with E-state index in [1.54, 1.807) is 0 Å². The summed E-state index contributed by atoms with van der Waals surface area (Å²) in [6.45, 7) is 4.73. The van der Waals surface area contributed by atoms with E-state index in [2.05, 4.69) is 12.1 Å². The molecule has 0 aliphatic rings. The Morgan fingerprint density at radius 2 is 2.00 bits per heavy atom. The molecule has 19 heavy (non-hydrogen) atoms. The zero-order valence-corrected chi connectivity index (χ0v) is 11.9. The van der Waals surface area contributed by atoms with Gasteiger partial charge in [0, 0.05) is 6.61 Å². The lowest BCUT2D eigenvalue weighted by molar-refractivity contribution is 0.0764. The van der Waals surface area contributed by atoms with Crippen LogP contribution in [-0.2, 0) is 4.74 Å². The first kappa shape index (κ1) is 13.8. The summed E-state index contributed by atoms with van der Waals surface area (Å²) < 4.78 is 5.55. The molecule has 1 aromatic heterocycles. The highest BCUT2D eigenvalue weighted by Crippen LogP contribution is 2.27. The maximum atomic E-state index is 11.1. The number of hydrogen-bond acceptors (Lipinski definition) is 3. The van der Waals surface area contributed by atoms with Gasteiger partial charge in [-0.25, -0.2) is 0 Å². The molecule has 1 amide bonds. The molecule has 0 saturated carbocycles. The molecule has 3 nitrogen and oxygen atoms in total. The van der Waals surface area contributed by atoms with Crippen molar-refractivity contribution in [3.05, 3.63) is 46.2 Å². The smallest absolute Gasteiger partial charge is 0.258 e. The number of thiophene rings is 1. The minimum absolute atomic E-state index is 0.0997. The highest BCUT2D eigenvalue weighted by atomic mass is 32.1. The van der Waals surface area contributed by atoms with E-state index < -0.39 is 0 Å². The number of amides is 1. The van der Waals surface area contributed by atoms with Crippen LogP contribution in [-0.4, -0.2) is 12.5 Å². The number of carbonyl (C=O) groups is 1. The quantitative estimate of drug-likeness (QED) is 0.906. The molecular weight excluding hydrogens is 258 g/mol. The normalized spacial score (nSPS) is 12.3. The number of rotatable bonds is 5. The van der Waals surface area contributed by atoms with Crippen molar-refractivity contribution in [3.8, 4) is 11.1 Å². The van der Waals surface area contributed by atoms with Gasteiger partial charge in [-0.15, -0.1) is 11.3 Å². The molecule has 0 bridgehead atoms. The second-order valence-electron chi connectivity index (χ2n) is 4.28. The van der Waals surface area contributed by atoms with Gasteiger partial charge in [0.25, 0.3) is 5.91 Å². The largest absolute Gasteiger partial charge is 0.374 e. The van der Waals surface area contributed by atoms with Crippen molar-refractivity contribution < 1.29 is 9.53 Å². The monoisotopic (exact) mass is 275 g/mol.